The van der Waals surface area contributed by atoms with E-state index in [-0.39, 0.29) is 11.2 Å². The zero-order valence-corrected chi connectivity index (χ0v) is 21.0. The number of aromatic nitrogens is 2. The number of piperidine rings is 1. The second-order valence-corrected chi connectivity index (χ2v) is 9.06. The number of anilines is 1. The number of hydrogen-bond donors (Lipinski definition) is 2. The van der Waals surface area contributed by atoms with E-state index in [1.165, 1.54) is 11.6 Å². The molecule has 4 heterocycles. The number of carboxylic acids is 2. The van der Waals surface area contributed by atoms with E-state index in [2.05, 4.69) is 25.8 Å². The van der Waals surface area contributed by atoms with Crippen molar-refractivity contribution in [2.45, 2.75) is 31.7 Å². The maximum atomic E-state index is 14.3. The number of carbonyl (C=O) groups is 2. The van der Waals surface area contributed by atoms with Crippen LogP contribution in [0.15, 0.2) is 42.9 Å². The Kier molecular flexibility index (Phi) is 11.6. The second kappa shape index (κ2) is 14.2. The van der Waals surface area contributed by atoms with E-state index in [0.29, 0.717) is 19.0 Å². The van der Waals surface area contributed by atoms with Crippen LogP contribution < -0.4 is 4.90 Å². The van der Waals surface area contributed by atoms with Gasteiger partial charge in [0.15, 0.2) is 11.6 Å². The van der Waals surface area contributed by atoms with Crippen LogP contribution in [0.25, 0.3) is 0 Å². The molecule has 1 spiro atoms. The largest absolute Gasteiger partial charge is 0.490 e. The first-order valence-corrected chi connectivity index (χ1v) is 11.8. The predicted octanol–water partition coefficient (Wildman–Crippen LogP) is 4.00. The van der Waals surface area contributed by atoms with Gasteiger partial charge in [-0.15, -0.1) is 0 Å². The Morgan fingerprint density at radius 1 is 0.975 bits per heavy atom. The highest BCUT2D eigenvalue weighted by Gasteiger charge is 2.40. The first kappa shape index (κ1) is 32.7. The fraction of sp³-hybridized carbons (Fsp3) is 0.500. The first-order valence-electron chi connectivity index (χ1n) is 11.8. The zero-order chi connectivity index (χ0) is 30.0. The number of rotatable bonds is 3. The summed E-state index contributed by atoms with van der Waals surface area (Å²) in [6, 6.07) is 7.22. The fourth-order valence-electron chi connectivity index (χ4n) is 4.23. The number of pyridine rings is 2. The molecule has 2 aliphatic rings. The van der Waals surface area contributed by atoms with Crippen LogP contribution in [0, 0.1) is 11.2 Å². The van der Waals surface area contributed by atoms with Crippen LogP contribution in [0.5, 0.6) is 0 Å². The molecule has 2 aromatic heterocycles. The summed E-state index contributed by atoms with van der Waals surface area (Å²) in [4.78, 5) is 30.8. The van der Waals surface area contributed by atoms with Crippen molar-refractivity contribution >= 4 is 17.8 Å². The standard InChI is InChI=1S/C20H25FN4O.2C2HF3O2/c21-18-5-2-8-23-19(18)25-10-11-26-16-20(15-25)6-3-9-24(14-20)13-17-4-1-7-22-12-17;2*3-2(4,5)1(6)7/h1-2,4-5,7-8,12H,3,6,9-11,13-16H2;2*(H,6,7). The molecule has 1 unspecified atom stereocenters. The van der Waals surface area contributed by atoms with Crippen LogP contribution in [-0.4, -0.2) is 88.8 Å². The molecule has 0 saturated carbocycles. The van der Waals surface area contributed by atoms with E-state index < -0.39 is 24.3 Å². The Balaban J connectivity index is 0.000000333. The fourth-order valence-corrected chi connectivity index (χ4v) is 4.23. The van der Waals surface area contributed by atoms with Crippen molar-refractivity contribution in [1.82, 2.24) is 14.9 Å². The summed E-state index contributed by atoms with van der Waals surface area (Å²) in [5.74, 6) is -5.32. The lowest BCUT2D eigenvalue weighted by Crippen LogP contribution is -2.50. The molecule has 1 atom stereocenters. The molecule has 4 rings (SSSR count). The van der Waals surface area contributed by atoms with Gasteiger partial charge in [0.2, 0.25) is 0 Å². The van der Waals surface area contributed by atoms with Gasteiger partial charge in [0, 0.05) is 50.2 Å². The lowest BCUT2D eigenvalue weighted by atomic mass is 9.80. The number of aliphatic carboxylic acids is 2. The third-order valence-electron chi connectivity index (χ3n) is 5.83. The van der Waals surface area contributed by atoms with Gasteiger partial charge in [0.1, 0.15) is 0 Å². The number of hydrogen-bond acceptors (Lipinski definition) is 7. The summed E-state index contributed by atoms with van der Waals surface area (Å²) in [6.45, 7) is 5.72. The Morgan fingerprint density at radius 2 is 1.60 bits per heavy atom. The lowest BCUT2D eigenvalue weighted by Gasteiger charge is -2.43. The van der Waals surface area contributed by atoms with E-state index in [4.69, 9.17) is 24.5 Å². The molecule has 16 heteroatoms. The number of carboxylic acid groups (broad SMARTS) is 2. The molecule has 2 N–H and O–H groups in total. The van der Waals surface area contributed by atoms with Crippen LogP contribution in [0.4, 0.5) is 36.6 Å². The minimum Gasteiger partial charge on any atom is -0.475 e. The van der Waals surface area contributed by atoms with Crippen molar-refractivity contribution < 1.29 is 55.3 Å². The van der Waals surface area contributed by atoms with E-state index >= 15 is 0 Å². The van der Waals surface area contributed by atoms with Crippen LogP contribution >= 0.6 is 0 Å². The van der Waals surface area contributed by atoms with Gasteiger partial charge in [-0.05, 0) is 43.1 Å². The van der Waals surface area contributed by atoms with Crippen molar-refractivity contribution in [3.8, 4) is 0 Å². The maximum absolute atomic E-state index is 14.3. The minimum atomic E-state index is -5.08. The van der Waals surface area contributed by atoms with Crippen LogP contribution in [0.2, 0.25) is 0 Å². The van der Waals surface area contributed by atoms with E-state index in [1.807, 2.05) is 12.3 Å². The molecule has 0 radical (unpaired) electrons. The summed E-state index contributed by atoms with van der Waals surface area (Å²) in [7, 11) is 0. The Labute approximate surface area is 224 Å². The van der Waals surface area contributed by atoms with Gasteiger partial charge in [-0.2, -0.15) is 26.3 Å². The molecule has 0 aromatic carbocycles. The zero-order valence-electron chi connectivity index (χ0n) is 21.0. The summed E-state index contributed by atoms with van der Waals surface area (Å²) < 4.78 is 83.7. The number of likely N-dealkylation sites (tertiary alicyclic amines) is 1. The Hall–Kier alpha value is -3.53. The van der Waals surface area contributed by atoms with Gasteiger partial charge in [-0.3, -0.25) is 9.88 Å². The molecule has 222 valence electrons. The van der Waals surface area contributed by atoms with Crippen molar-refractivity contribution in [3.05, 3.63) is 54.2 Å². The Morgan fingerprint density at radius 3 is 2.15 bits per heavy atom. The molecule has 2 saturated heterocycles. The number of ether oxygens (including phenoxy) is 1. The van der Waals surface area contributed by atoms with Crippen molar-refractivity contribution in [2.24, 2.45) is 5.41 Å². The molecule has 40 heavy (non-hydrogen) atoms. The number of nitrogens with zero attached hydrogens (tertiary/aromatic N) is 4. The average Bonchev–Trinajstić information content (AvgIpc) is 3.07. The highest BCUT2D eigenvalue weighted by atomic mass is 19.4. The summed E-state index contributed by atoms with van der Waals surface area (Å²) >= 11 is 0. The summed E-state index contributed by atoms with van der Waals surface area (Å²) in [5, 5.41) is 14.2. The van der Waals surface area contributed by atoms with Gasteiger partial charge in [0.25, 0.3) is 0 Å². The highest BCUT2D eigenvalue weighted by molar-refractivity contribution is 5.73. The summed E-state index contributed by atoms with van der Waals surface area (Å²) in [6.07, 6.45) is -2.55. The van der Waals surface area contributed by atoms with Gasteiger partial charge in [0.05, 0.1) is 13.2 Å². The molecule has 0 aliphatic carbocycles. The van der Waals surface area contributed by atoms with Crippen LogP contribution in [0.3, 0.4) is 0 Å². The summed E-state index contributed by atoms with van der Waals surface area (Å²) in [5.41, 5.74) is 1.24. The van der Waals surface area contributed by atoms with Crippen molar-refractivity contribution in [1.29, 1.82) is 0 Å². The average molecular weight is 584 g/mol. The van der Waals surface area contributed by atoms with E-state index in [9.17, 15) is 30.7 Å². The first-order chi connectivity index (χ1) is 18.6. The van der Waals surface area contributed by atoms with Gasteiger partial charge in [-0.25, -0.2) is 19.0 Å². The highest BCUT2D eigenvalue weighted by Crippen LogP contribution is 2.35. The van der Waals surface area contributed by atoms with Crippen LogP contribution in [0.1, 0.15) is 18.4 Å². The number of halogens is 7. The molecular formula is C24H27F7N4O5. The molecule has 0 amide bonds. The van der Waals surface area contributed by atoms with E-state index in [0.717, 1.165) is 45.6 Å². The maximum Gasteiger partial charge on any atom is 0.490 e. The van der Waals surface area contributed by atoms with Crippen LogP contribution in [-0.2, 0) is 20.9 Å². The molecule has 2 aliphatic heterocycles. The van der Waals surface area contributed by atoms with Crippen molar-refractivity contribution in [3.63, 3.8) is 0 Å². The third kappa shape index (κ3) is 10.6. The number of alkyl halides is 6. The monoisotopic (exact) mass is 584 g/mol. The smallest absolute Gasteiger partial charge is 0.475 e. The topological polar surface area (TPSA) is 116 Å². The molecule has 0 bridgehead atoms. The third-order valence-corrected chi connectivity index (χ3v) is 5.83. The SMILES string of the molecule is Fc1cccnc1N1CCOCC2(CCCN(Cc3cccnc3)C2)C1.O=C(O)C(F)(F)F.O=C(O)C(F)(F)F. The molecule has 2 fully saturated rings. The van der Waals surface area contributed by atoms with Crippen molar-refractivity contribution in [2.75, 3.05) is 44.3 Å². The quantitative estimate of drug-likeness (QED) is 0.517. The van der Waals surface area contributed by atoms with Gasteiger partial charge >= 0.3 is 24.3 Å². The molecular weight excluding hydrogens is 557 g/mol. The lowest BCUT2D eigenvalue weighted by molar-refractivity contribution is -0.193. The molecule has 9 nitrogen and oxygen atoms in total. The predicted molar refractivity (Wildman–Crippen MR) is 126 cm³/mol. The minimum absolute atomic E-state index is 0.0148. The Bertz CT molecular complexity index is 1080. The normalized spacial score (nSPS) is 19.9. The van der Waals surface area contributed by atoms with Gasteiger partial charge in [-0.1, -0.05) is 6.07 Å². The van der Waals surface area contributed by atoms with Gasteiger partial charge < -0.3 is 19.8 Å². The van der Waals surface area contributed by atoms with E-state index in [1.54, 1.807) is 18.5 Å². The molecule has 2 aromatic rings. The second-order valence-electron chi connectivity index (χ2n) is 9.06.